The van der Waals surface area contributed by atoms with Crippen molar-refractivity contribution in [1.29, 1.82) is 5.26 Å². The Balaban J connectivity index is 2.53. The van der Waals surface area contributed by atoms with Crippen LogP contribution in [0, 0.1) is 11.3 Å². The first kappa shape index (κ1) is 8.02. The van der Waals surface area contributed by atoms with Crippen molar-refractivity contribution in [2.24, 2.45) is 0 Å². The summed E-state index contributed by atoms with van der Waals surface area (Å²) in [4.78, 5) is 12.8. The summed E-state index contributed by atoms with van der Waals surface area (Å²) < 4.78 is 0. The second-order valence-electron chi connectivity index (χ2n) is 2.59. The molecule has 4 heteroatoms. The summed E-state index contributed by atoms with van der Waals surface area (Å²) in [6.45, 7) is 3.46. The van der Waals surface area contributed by atoms with Gasteiger partial charge in [0.15, 0.2) is 0 Å². The van der Waals surface area contributed by atoms with Gasteiger partial charge in [-0.2, -0.15) is 5.26 Å². The van der Waals surface area contributed by atoms with Crippen molar-refractivity contribution in [1.82, 2.24) is 10.2 Å². The van der Waals surface area contributed by atoms with E-state index in [4.69, 9.17) is 5.26 Å². The number of piperazine rings is 1. The first-order valence-electron chi connectivity index (χ1n) is 3.65. The van der Waals surface area contributed by atoms with Crippen LogP contribution in [0.15, 0.2) is 0 Å². The zero-order valence-electron chi connectivity index (χ0n) is 6.50. The fourth-order valence-electron chi connectivity index (χ4n) is 1.13. The van der Waals surface area contributed by atoms with E-state index in [1.54, 1.807) is 4.90 Å². The van der Waals surface area contributed by atoms with E-state index in [-0.39, 0.29) is 18.5 Å². The molecule has 4 nitrogen and oxygen atoms in total. The Kier molecular flexibility index (Phi) is 2.44. The predicted octanol–water partition coefficient (Wildman–Crippen LogP) is -0.670. The summed E-state index contributed by atoms with van der Waals surface area (Å²) in [5, 5.41) is 11.4. The van der Waals surface area contributed by atoms with Crippen LogP contribution in [0.4, 0.5) is 0 Å². The highest BCUT2D eigenvalue weighted by atomic mass is 16.2. The van der Waals surface area contributed by atoms with Gasteiger partial charge in [-0.25, -0.2) is 0 Å². The van der Waals surface area contributed by atoms with Crippen LogP contribution in [0.25, 0.3) is 0 Å². The Morgan fingerprint density at radius 1 is 1.91 bits per heavy atom. The Morgan fingerprint density at radius 3 is 3.27 bits per heavy atom. The highest BCUT2D eigenvalue weighted by molar-refractivity contribution is 5.82. The van der Waals surface area contributed by atoms with Gasteiger partial charge in [0.25, 0.3) is 0 Å². The molecule has 0 aromatic rings. The number of nitrogens with zero attached hydrogens (tertiary/aromatic N) is 2. The summed E-state index contributed by atoms with van der Waals surface area (Å²) in [6.07, 6.45) is 0. The second kappa shape index (κ2) is 3.35. The van der Waals surface area contributed by atoms with Crippen LogP contribution in [0.5, 0.6) is 0 Å². The minimum absolute atomic E-state index is 0.0257. The maximum atomic E-state index is 11.2. The molecule has 1 heterocycles. The summed E-state index contributed by atoms with van der Waals surface area (Å²) in [5.74, 6) is 0.0257. The van der Waals surface area contributed by atoms with Crippen LogP contribution in [0.2, 0.25) is 0 Å². The van der Waals surface area contributed by atoms with Crippen LogP contribution < -0.4 is 5.32 Å². The number of nitrogens with one attached hydrogen (secondary N) is 1. The topological polar surface area (TPSA) is 56.1 Å². The molecular formula is C7H11N3O. The molecule has 1 unspecified atom stereocenters. The van der Waals surface area contributed by atoms with E-state index < -0.39 is 0 Å². The quantitative estimate of drug-likeness (QED) is 0.508. The van der Waals surface area contributed by atoms with Crippen molar-refractivity contribution in [2.45, 2.75) is 13.0 Å². The van der Waals surface area contributed by atoms with Crippen molar-refractivity contribution in [3.8, 4) is 6.07 Å². The minimum atomic E-state index is -0.128. The third kappa shape index (κ3) is 1.69. The molecule has 60 valence electrons. The van der Waals surface area contributed by atoms with E-state index in [0.29, 0.717) is 6.54 Å². The Hall–Kier alpha value is -1.08. The monoisotopic (exact) mass is 153 g/mol. The van der Waals surface area contributed by atoms with Gasteiger partial charge in [-0.1, -0.05) is 0 Å². The maximum Gasteiger partial charge on any atom is 0.240 e. The first-order valence-corrected chi connectivity index (χ1v) is 3.65. The summed E-state index contributed by atoms with van der Waals surface area (Å²) in [5.41, 5.74) is 0. The summed E-state index contributed by atoms with van der Waals surface area (Å²) in [6, 6.07) is 1.84. The van der Waals surface area contributed by atoms with E-state index in [1.165, 1.54) is 0 Å². The Bertz CT molecular complexity index is 196. The number of nitriles is 1. The zero-order valence-corrected chi connectivity index (χ0v) is 6.50. The molecule has 0 bridgehead atoms. The zero-order chi connectivity index (χ0) is 8.27. The van der Waals surface area contributed by atoms with Gasteiger partial charge in [0.05, 0.1) is 12.1 Å². The van der Waals surface area contributed by atoms with Crippen LogP contribution >= 0.6 is 0 Å². The lowest BCUT2D eigenvalue weighted by Gasteiger charge is -2.29. The fourth-order valence-corrected chi connectivity index (χ4v) is 1.13. The van der Waals surface area contributed by atoms with Crippen LogP contribution in [-0.4, -0.2) is 36.5 Å². The number of carbonyl (C=O) groups is 1. The predicted molar refractivity (Wildman–Crippen MR) is 39.7 cm³/mol. The fraction of sp³-hybridized carbons (Fsp3) is 0.714. The van der Waals surface area contributed by atoms with Crippen molar-refractivity contribution in [2.75, 3.05) is 19.6 Å². The lowest BCUT2D eigenvalue weighted by Crippen LogP contribution is -2.53. The van der Waals surface area contributed by atoms with Gasteiger partial charge in [0.1, 0.15) is 6.54 Å². The summed E-state index contributed by atoms with van der Waals surface area (Å²) in [7, 11) is 0. The third-order valence-electron chi connectivity index (χ3n) is 1.78. The second-order valence-corrected chi connectivity index (χ2v) is 2.59. The smallest absolute Gasteiger partial charge is 0.240 e. The molecule has 11 heavy (non-hydrogen) atoms. The molecule has 1 aliphatic heterocycles. The first-order chi connectivity index (χ1) is 5.25. The van der Waals surface area contributed by atoms with Gasteiger partial charge in [0.2, 0.25) is 5.91 Å². The molecule has 1 rings (SSSR count). The lowest BCUT2D eigenvalue weighted by atomic mass is 10.2. The van der Waals surface area contributed by atoms with Gasteiger partial charge < -0.3 is 10.2 Å². The molecule has 0 spiro atoms. The molecule has 0 aromatic heterocycles. The van der Waals surface area contributed by atoms with Gasteiger partial charge in [-0.15, -0.1) is 0 Å². The average molecular weight is 153 g/mol. The van der Waals surface area contributed by atoms with E-state index in [2.05, 4.69) is 5.32 Å². The molecule has 0 radical (unpaired) electrons. The minimum Gasteiger partial charge on any atom is -0.327 e. The molecule has 1 amide bonds. The molecule has 1 N–H and O–H groups in total. The molecule has 1 aliphatic rings. The Labute approximate surface area is 65.8 Å². The SMILES string of the molecule is CC1NCCN(CC#N)C1=O. The van der Waals surface area contributed by atoms with E-state index >= 15 is 0 Å². The molecule has 1 saturated heterocycles. The lowest BCUT2D eigenvalue weighted by molar-refractivity contribution is -0.134. The van der Waals surface area contributed by atoms with Crippen LogP contribution in [0.1, 0.15) is 6.92 Å². The van der Waals surface area contributed by atoms with Gasteiger partial charge in [0, 0.05) is 13.1 Å². The molecule has 0 aliphatic carbocycles. The van der Waals surface area contributed by atoms with Crippen molar-refractivity contribution in [3.05, 3.63) is 0 Å². The maximum absolute atomic E-state index is 11.2. The highest BCUT2D eigenvalue weighted by Crippen LogP contribution is 1.98. The van der Waals surface area contributed by atoms with E-state index in [0.717, 1.165) is 6.54 Å². The normalized spacial score (nSPS) is 24.9. The molecule has 0 saturated carbocycles. The molecule has 1 atom stereocenters. The van der Waals surface area contributed by atoms with Crippen LogP contribution in [-0.2, 0) is 4.79 Å². The number of amides is 1. The van der Waals surface area contributed by atoms with Crippen molar-refractivity contribution >= 4 is 5.91 Å². The third-order valence-corrected chi connectivity index (χ3v) is 1.78. The molecular weight excluding hydrogens is 142 g/mol. The molecule has 0 aromatic carbocycles. The summed E-state index contributed by atoms with van der Waals surface area (Å²) >= 11 is 0. The largest absolute Gasteiger partial charge is 0.327 e. The van der Waals surface area contributed by atoms with Gasteiger partial charge in [-0.05, 0) is 6.92 Å². The van der Waals surface area contributed by atoms with E-state index in [1.807, 2.05) is 13.0 Å². The standard InChI is InChI=1S/C7H11N3O/c1-6-7(11)10(4-2-8)5-3-9-6/h6,9H,3-5H2,1H3. The number of rotatable bonds is 1. The number of carbonyl (C=O) groups excluding carboxylic acids is 1. The van der Waals surface area contributed by atoms with Crippen LogP contribution in [0.3, 0.4) is 0 Å². The van der Waals surface area contributed by atoms with E-state index in [9.17, 15) is 4.79 Å². The average Bonchev–Trinajstić information content (AvgIpc) is 1.99. The van der Waals surface area contributed by atoms with Crippen molar-refractivity contribution < 1.29 is 4.79 Å². The number of hydrogen-bond acceptors (Lipinski definition) is 3. The van der Waals surface area contributed by atoms with Gasteiger partial charge >= 0.3 is 0 Å². The highest BCUT2D eigenvalue weighted by Gasteiger charge is 2.23. The number of hydrogen-bond donors (Lipinski definition) is 1. The van der Waals surface area contributed by atoms with Crippen molar-refractivity contribution in [3.63, 3.8) is 0 Å². The molecule has 1 fully saturated rings. The van der Waals surface area contributed by atoms with Gasteiger partial charge in [-0.3, -0.25) is 4.79 Å². The Morgan fingerprint density at radius 2 is 2.64 bits per heavy atom.